The first kappa shape index (κ1) is 18.2. The molecule has 0 bridgehead atoms. The van der Waals surface area contributed by atoms with Crippen molar-refractivity contribution < 1.29 is 0 Å². The molecule has 0 radical (unpaired) electrons. The molecule has 0 saturated carbocycles. The zero-order valence-corrected chi connectivity index (χ0v) is 13.2. The van der Waals surface area contributed by atoms with E-state index in [2.05, 4.69) is 36.0 Å². The van der Waals surface area contributed by atoms with Crippen molar-refractivity contribution in [3.05, 3.63) is 0 Å². The van der Waals surface area contributed by atoms with Gasteiger partial charge < -0.3 is 16.0 Å². The number of aliphatic imine (C=N–C) groups is 1. The number of nitrogens with one attached hydrogen (secondary N) is 1. The Balaban J connectivity index is 3.41. The summed E-state index contributed by atoms with van der Waals surface area (Å²) in [6.45, 7) is 11.9. The van der Waals surface area contributed by atoms with Crippen molar-refractivity contribution in [1.82, 2.24) is 10.2 Å². The summed E-state index contributed by atoms with van der Waals surface area (Å²) in [5.74, 6) is 0.610. The molecule has 4 nitrogen and oxygen atoms in total. The Kier molecular flexibility index (Phi) is 13.1. The molecule has 0 fully saturated rings. The Morgan fingerprint density at radius 2 is 1.74 bits per heavy atom. The predicted molar refractivity (Wildman–Crippen MR) is 85.7 cm³/mol. The Bertz CT molecular complexity index is 212. The molecule has 0 aliphatic heterocycles. The molecule has 0 atom stereocenters. The zero-order valence-electron chi connectivity index (χ0n) is 13.2. The lowest BCUT2D eigenvalue weighted by Crippen LogP contribution is -2.33. The number of rotatable bonds is 12. The van der Waals surface area contributed by atoms with E-state index in [9.17, 15) is 0 Å². The highest BCUT2D eigenvalue weighted by atomic mass is 15.1. The highest BCUT2D eigenvalue weighted by Gasteiger charge is 1.98. The number of hydrogen-bond donors (Lipinski definition) is 2. The third-order valence-electron chi connectivity index (χ3n) is 3.40. The largest absolute Gasteiger partial charge is 0.370 e. The predicted octanol–water partition coefficient (Wildman–Crippen LogP) is 2.59. The van der Waals surface area contributed by atoms with Crippen molar-refractivity contribution in [3.8, 4) is 0 Å². The first-order chi connectivity index (χ1) is 9.24. The van der Waals surface area contributed by atoms with Gasteiger partial charge in [-0.3, -0.25) is 4.99 Å². The van der Waals surface area contributed by atoms with Crippen LogP contribution in [0.3, 0.4) is 0 Å². The molecule has 0 spiro atoms. The minimum absolute atomic E-state index is 0.610. The van der Waals surface area contributed by atoms with Crippen LogP contribution in [0.25, 0.3) is 0 Å². The maximum Gasteiger partial charge on any atom is 0.188 e. The summed E-state index contributed by atoms with van der Waals surface area (Å²) in [5.41, 5.74) is 5.81. The zero-order chi connectivity index (χ0) is 14.3. The second-order valence-electron chi connectivity index (χ2n) is 4.99. The summed E-state index contributed by atoms with van der Waals surface area (Å²) in [5, 5.41) is 3.19. The van der Waals surface area contributed by atoms with Crippen molar-refractivity contribution >= 4 is 5.96 Å². The van der Waals surface area contributed by atoms with E-state index in [1.54, 1.807) is 0 Å². The van der Waals surface area contributed by atoms with Gasteiger partial charge in [-0.25, -0.2) is 0 Å². The lowest BCUT2D eigenvalue weighted by atomic mass is 10.2. The maximum atomic E-state index is 5.81. The van der Waals surface area contributed by atoms with Crippen molar-refractivity contribution in [1.29, 1.82) is 0 Å². The van der Waals surface area contributed by atoms with Gasteiger partial charge in [-0.1, -0.05) is 40.0 Å². The molecule has 4 heteroatoms. The summed E-state index contributed by atoms with van der Waals surface area (Å²) in [4.78, 5) is 6.78. The molecule has 0 heterocycles. The number of guanidine groups is 1. The van der Waals surface area contributed by atoms with E-state index in [0.717, 1.165) is 39.0 Å². The van der Waals surface area contributed by atoms with Gasteiger partial charge in [0.1, 0.15) is 0 Å². The quantitative estimate of drug-likeness (QED) is 0.325. The summed E-state index contributed by atoms with van der Waals surface area (Å²) in [6.07, 6.45) is 7.36. The maximum absolute atomic E-state index is 5.81. The van der Waals surface area contributed by atoms with Crippen LogP contribution in [-0.4, -0.2) is 43.6 Å². The summed E-state index contributed by atoms with van der Waals surface area (Å²) in [6, 6.07) is 0. The average molecular weight is 270 g/mol. The first-order valence-corrected chi connectivity index (χ1v) is 8.00. The van der Waals surface area contributed by atoms with Crippen molar-refractivity contribution in [2.24, 2.45) is 10.7 Å². The minimum Gasteiger partial charge on any atom is -0.370 e. The van der Waals surface area contributed by atoms with Gasteiger partial charge >= 0.3 is 0 Å². The fourth-order valence-electron chi connectivity index (χ4n) is 2.01. The molecule has 0 rings (SSSR count). The SMILES string of the molecule is CCCCCCN=C(N)NCCCCN(CC)CC. The standard InChI is InChI=1S/C15H34N4/c1-4-7-8-9-12-17-15(16)18-13-10-11-14-19(5-2)6-3/h4-14H2,1-3H3,(H3,16,17,18). The van der Waals surface area contributed by atoms with Crippen LogP contribution < -0.4 is 11.1 Å². The van der Waals surface area contributed by atoms with Crippen LogP contribution in [0.2, 0.25) is 0 Å². The monoisotopic (exact) mass is 270 g/mol. The molecule has 0 aliphatic rings. The van der Waals surface area contributed by atoms with Crippen LogP contribution in [-0.2, 0) is 0 Å². The van der Waals surface area contributed by atoms with Gasteiger partial charge in [0.25, 0.3) is 0 Å². The third kappa shape index (κ3) is 12.0. The van der Waals surface area contributed by atoms with Crippen molar-refractivity contribution in [2.75, 3.05) is 32.7 Å². The van der Waals surface area contributed by atoms with Crippen molar-refractivity contribution in [3.63, 3.8) is 0 Å². The molecule has 0 unspecified atom stereocenters. The van der Waals surface area contributed by atoms with E-state index in [1.807, 2.05) is 0 Å². The minimum atomic E-state index is 0.610. The highest BCUT2D eigenvalue weighted by Crippen LogP contribution is 1.98. The second-order valence-corrected chi connectivity index (χ2v) is 4.99. The number of hydrogen-bond acceptors (Lipinski definition) is 2. The molecule has 114 valence electrons. The number of nitrogens with zero attached hydrogens (tertiary/aromatic N) is 2. The van der Waals surface area contributed by atoms with Crippen LogP contribution >= 0.6 is 0 Å². The molecular weight excluding hydrogens is 236 g/mol. The van der Waals surface area contributed by atoms with E-state index >= 15 is 0 Å². The Morgan fingerprint density at radius 1 is 1.00 bits per heavy atom. The molecular formula is C15H34N4. The molecule has 0 aromatic carbocycles. The third-order valence-corrected chi connectivity index (χ3v) is 3.40. The normalized spacial score (nSPS) is 12.1. The van der Waals surface area contributed by atoms with Gasteiger partial charge in [-0.05, 0) is 38.9 Å². The summed E-state index contributed by atoms with van der Waals surface area (Å²) < 4.78 is 0. The molecule has 0 saturated heterocycles. The van der Waals surface area contributed by atoms with Gasteiger partial charge in [0, 0.05) is 13.1 Å². The fraction of sp³-hybridized carbons (Fsp3) is 0.933. The molecule has 0 aromatic rings. The highest BCUT2D eigenvalue weighted by molar-refractivity contribution is 5.77. The first-order valence-electron chi connectivity index (χ1n) is 8.00. The van der Waals surface area contributed by atoms with Gasteiger partial charge in [0.15, 0.2) is 5.96 Å². The van der Waals surface area contributed by atoms with Crippen LogP contribution in [0.5, 0.6) is 0 Å². The number of unbranched alkanes of at least 4 members (excludes halogenated alkanes) is 4. The van der Waals surface area contributed by atoms with Crippen LogP contribution in [0.15, 0.2) is 4.99 Å². The molecule has 3 N–H and O–H groups in total. The summed E-state index contributed by atoms with van der Waals surface area (Å²) in [7, 11) is 0. The molecule has 0 amide bonds. The van der Waals surface area contributed by atoms with E-state index in [4.69, 9.17) is 5.73 Å². The Morgan fingerprint density at radius 3 is 2.37 bits per heavy atom. The Labute approximate surface area is 119 Å². The fourth-order valence-corrected chi connectivity index (χ4v) is 2.01. The van der Waals surface area contributed by atoms with Crippen LogP contribution in [0.1, 0.15) is 59.3 Å². The number of nitrogens with two attached hydrogens (primary N) is 1. The topological polar surface area (TPSA) is 53.6 Å². The van der Waals surface area contributed by atoms with Gasteiger partial charge in [0.2, 0.25) is 0 Å². The van der Waals surface area contributed by atoms with E-state index in [1.165, 1.54) is 32.2 Å². The average Bonchev–Trinajstić information content (AvgIpc) is 2.42. The molecule has 0 aliphatic carbocycles. The Hall–Kier alpha value is -0.770. The van der Waals surface area contributed by atoms with E-state index in [0.29, 0.717) is 5.96 Å². The smallest absolute Gasteiger partial charge is 0.188 e. The van der Waals surface area contributed by atoms with Crippen molar-refractivity contribution in [2.45, 2.75) is 59.3 Å². The van der Waals surface area contributed by atoms with Crippen LogP contribution in [0.4, 0.5) is 0 Å². The van der Waals surface area contributed by atoms with Gasteiger partial charge in [-0.15, -0.1) is 0 Å². The van der Waals surface area contributed by atoms with E-state index in [-0.39, 0.29) is 0 Å². The lowest BCUT2D eigenvalue weighted by molar-refractivity contribution is 0.297. The molecule has 0 aromatic heterocycles. The lowest BCUT2D eigenvalue weighted by Gasteiger charge is -2.17. The van der Waals surface area contributed by atoms with E-state index < -0.39 is 0 Å². The van der Waals surface area contributed by atoms with Crippen LogP contribution in [0, 0.1) is 0 Å². The molecule has 19 heavy (non-hydrogen) atoms. The summed E-state index contributed by atoms with van der Waals surface area (Å²) >= 11 is 0. The van der Waals surface area contributed by atoms with Gasteiger partial charge in [-0.2, -0.15) is 0 Å². The van der Waals surface area contributed by atoms with Gasteiger partial charge in [0.05, 0.1) is 0 Å². The second kappa shape index (κ2) is 13.7.